The lowest BCUT2D eigenvalue weighted by Gasteiger charge is -2.09. The number of nitrogens with zero attached hydrogens (tertiary/aromatic N) is 1. The molecule has 122 valence electrons. The number of nitriles is 1. The molecule has 0 aliphatic rings. The first-order chi connectivity index (χ1) is 11.4. The van der Waals surface area contributed by atoms with Gasteiger partial charge in [0.2, 0.25) is 0 Å². The van der Waals surface area contributed by atoms with E-state index in [1.165, 1.54) is 6.20 Å². The van der Waals surface area contributed by atoms with Gasteiger partial charge in [0, 0.05) is 16.4 Å². The van der Waals surface area contributed by atoms with E-state index < -0.39 is 5.91 Å². The number of amides is 1. The Hall–Kier alpha value is -2.58. The summed E-state index contributed by atoms with van der Waals surface area (Å²) in [6, 6.07) is 13.4. The van der Waals surface area contributed by atoms with Crippen LogP contribution in [0.15, 0.2) is 52.6 Å². The fraction of sp³-hybridized carbons (Fsp3) is 0.158. The standard InChI is InChI=1S/C19H18BrN3O/c1-12-4-6-17(14(3)8-12)23-19(24)15(10-21)11-22-18-7-5-13(2)9-16(18)20/h4-9,11,22H,1-3H3,(H,23,24)/b15-11-. The lowest BCUT2D eigenvalue weighted by Crippen LogP contribution is -2.15. The Morgan fingerprint density at radius 1 is 1.08 bits per heavy atom. The second-order valence-corrected chi connectivity index (χ2v) is 6.42. The average molecular weight is 384 g/mol. The van der Waals surface area contributed by atoms with Crippen molar-refractivity contribution in [3.63, 3.8) is 0 Å². The second kappa shape index (κ2) is 7.80. The molecule has 2 N–H and O–H groups in total. The van der Waals surface area contributed by atoms with E-state index in [2.05, 4.69) is 26.6 Å². The Morgan fingerprint density at radius 2 is 1.71 bits per heavy atom. The molecule has 0 saturated heterocycles. The van der Waals surface area contributed by atoms with Gasteiger partial charge in [-0.15, -0.1) is 0 Å². The Balaban J connectivity index is 2.15. The van der Waals surface area contributed by atoms with Gasteiger partial charge in [0.1, 0.15) is 11.6 Å². The van der Waals surface area contributed by atoms with E-state index in [0.717, 1.165) is 26.9 Å². The van der Waals surface area contributed by atoms with Gasteiger partial charge in [0.05, 0.1) is 5.69 Å². The molecule has 2 aromatic carbocycles. The van der Waals surface area contributed by atoms with Crippen LogP contribution < -0.4 is 10.6 Å². The predicted octanol–water partition coefficient (Wildman–Crippen LogP) is 4.83. The number of rotatable bonds is 4. The smallest absolute Gasteiger partial charge is 0.267 e. The van der Waals surface area contributed by atoms with Crippen LogP contribution in [0.3, 0.4) is 0 Å². The summed E-state index contributed by atoms with van der Waals surface area (Å²) in [6.07, 6.45) is 1.41. The summed E-state index contributed by atoms with van der Waals surface area (Å²) in [6.45, 7) is 5.89. The molecular weight excluding hydrogens is 366 g/mol. The summed E-state index contributed by atoms with van der Waals surface area (Å²) in [4.78, 5) is 12.3. The molecule has 1 amide bonds. The molecule has 0 aromatic heterocycles. The lowest BCUT2D eigenvalue weighted by atomic mass is 10.1. The monoisotopic (exact) mass is 383 g/mol. The van der Waals surface area contributed by atoms with E-state index in [9.17, 15) is 10.1 Å². The number of hydrogen-bond donors (Lipinski definition) is 2. The van der Waals surface area contributed by atoms with Crippen LogP contribution in [0, 0.1) is 32.1 Å². The third-order valence-electron chi connectivity index (χ3n) is 3.49. The summed E-state index contributed by atoms with van der Waals surface area (Å²) in [5.41, 5.74) is 4.67. The van der Waals surface area contributed by atoms with E-state index in [1.807, 2.05) is 63.2 Å². The van der Waals surface area contributed by atoms with Gasteiger partial charge in [-0.25, -0.2) is 0 Å². The van der Waals surface area contributed by atoms with Gasteiger partial charge in [0.15, 0.2) is 0 Å². The number of aryl methyl sites for hydroxylation is 3. The minimum atomic E-state index is -0.444. The highest BCUT2D eigenvalue weighted by molar-refractivity contribution is 9.10. The summed E-state index contributed by atoms with van der Waals surface area (Å²) in [5, 5.41) is 15.0. The van der Waals surface area contributed by atoms with Gasteiger partial charge in [-0.05, 0) is 66.0 Å². The molecule has 2 aromatic rings. The van der Waals surface area contributed by atoms with Gasteiger partial charge < -0.3 is 10.6 Å². The first-order valence-corrected chi connectivity index (χ1v) is 8.21. The van der Waals surface area contributed by atoms with Crippen molar-refractivity contribution >= 4 is 33.2 Å². The zero-order chi connectivity index (χ0) is 17.7. The molecule has 4 nitrogen and oxygen atoms in total. The third kappa shape index (κ3) is 4.46. The van der Waals surface area contributed by atoms with E-state index in [4.69, 9.17) is 0 Å². The summed E-state index contributed by atoms with van der Waals surface area (Å²) in [5.74, 6) is -0.444. The fourth-order valence-electron chi connectivity index (χ4n) is 2.18. The normalized spacial score (nSPS) is 10.9. The number of benzene rings is 2. The molecule has 2 rings (SSSR count). The molecule has 0 atom stereocenters. The second-order valence-electron chi connectivity index (χ2n) is 5.57. The predicted molar refractivity (Wildman–Crippen MR) is 101 cm³/mol. The molecule has 0 fully saturated rings. The molecular formula is C19H18BrN3O. The van der Waals surface area contributed by atoms with Crippen LogP contribution in [0.4, 0.5) is 11.4 Å². The van der Waals surface area contributed by atoms with Crippen molar-refractivity contribution in [1.82, 2.24) is 0 Å². The molecule has 0 aliphatic heterocycles. The van der Waals surface area contributed by atoms with Crippen LogP contribution in [0.1, 0.15) is 16.7 Å². The summed E-state index contributed by atoms with van der Waals surface area (Å²) < 4.78 is 0.867. The highest BCUT2D eigenvalue weighted by Gasteiger charge is 2.11. The zero-order valence-corrected chi connectivity index (χ0v) is 15.4. The molecule has 0 heterocycles. The first-order valence-electron chi connectivity index (χ1n) is 7.42. The summed E-state index contributed by atoms with van der Waals surface area (Å²) >= 11 is 3.45. The molecule has 5 heteroatoms. The maximum Gasteiger partial charge on any atom is 0.267 e. The van der Waals surface area contributed by atoms with Crippen LogP contribution >= 0.6 is 15.9 Å². The maximum absolute atomic E-state index is 12.3. The number of hydrogen-bond acceptors (Lipinski definition) is 3. The van der Waals surface area contributed by atoms with Gasteiger partial charge in [-0.1, -0.05) is 23.8 Å². The number of nitrogens with one attached hydrogen (secondary N) is 2. The molecule has 0 spiro atoms. The van der Waals surface area contributed by atoms with Crippen molar-refractivity contribution in [3.05, 3.63) is 69.3 Å². The van der Waals surface area contributed by atoms with Crippen molar-refractivity contribution in [2.24, 2.45) is 0 Å². The topological polar surface area (TPSA) is 64.9 Å². The SMILES string of the molecule is Cc1ccc(NC(=O)/C(C#N)=C\Nc2ccc(C)cc2Br)c(C)c1. The number of anilines is 2. The van der Waals surface area contributed by atoms with Crippen molar-refractivity contribution < 1.29 is 4.79 Å². The molecule has 0 saturated carbocycles. The van der Waals surface area contributed by atoms with E-state index >= 15 is 0 Å². The van der Waals surface area contributed by atoms with Crippen LogP contribution in [0.2, 0.25) is 0 Å². The Bertz CT molecular complexity index is 850. The van der Waals surface area contributed by atoms with Gasteiger partial charge in [-0.2, -0.15) is 5.26 Å². The fourth-order valence-corrected chi connectivity index (χ4v) is 2.79. The minimum Gasteiger partial charge on any atom is -0.359 e. The van der Waals surface area contributed by atoms with Gasteiger partial charge in [0.25, 0.3) is 5.91 Å². The average Bonchev–Trinajstić information content (AvgIpc) is 2.52. The number of carbonyl (C=O) groups is 1. The van der Waals surface area contributed by atoms with Gasteiger partial charge in [-0.3, -0.25) is 4.79 Å². The summed E-state index contributed by atoms with van der Waals surface area (Å²) in [7, 11) is 0. The van der Waals surface area contributed by atoms with E-state index in [-0.39, 0.29) is 5.57 Å². The van der Waals surface area contributed by atoms with Gasteiger partial charge >= 0.3 is 0 Å². The van der Waals surface area contributed by atoms with Crippen molar-refractivity contribution in [1.29, 1.82) is 5.26 Å². The molecule has 24 heavy (non-hydrogen) atoms. The third-order valence-corrected chi connectivity index (χ3v) is 4.15. The van der Waals surface area contributed by atoms with E-state index in [0.29, 0.717) is 5.69 Å². The zero-order valence-electron chi connectivity index (χ0n) is 13.8. The van der Waals surface area contributed by atoms with Crippen LogP contribution in [-0.4, -0.2) is 5.91 Å². The molecule has 0 unspecified atom stereocenters. The highest BCUT2D eigenvalue weighted by Crippen LogP contribution is 2.23. The maximum atomic E-state index is 12.3. The molecule has 0 bridgehead atoms. The van der Waals surface area contributed by atoms with Crippen molar-refractivity contribution in [2.75, 3.05) is 10.6 Å². The van der Waals surface area contributed by atoms with E-state index in [1.54, 1.807) is 0 Å². The molecule has 0 radical (unpaired) electrons. The quantitative estimate of drug-likeness (QED) is 0.586. The highest BCUT2D eigenvalue weighted by atomic mass is 79.9. The minimum absolute atomic E-state index is 0.00227. The van der Waals surface area contributed by atoms with Crippen LogP contribution in [0.5, 0.6) is 0 Å². The lowest BCUT2D eigenvalue weighted by molar-refractivity contribution is -0.112. The van der Waals surface area contributed by atoms with Crippen molar-refractivity contribution in [2.45, 2.75) is 20.8 Å². The van der Waals surface area contributed by atoms with Crippen LogP contribution in [-0.2, 0) is 4.79 Å². The van der Waals surface area contributed by atoms with Crippen LogP contribution in [0.25, 0.3) is 0 Å². The number of halogens is 1. The number of carbonyl (C=O) groups excluding carboxylic acids is 1. The Labute approximate surface area is 150 Å². The first kappa shape index (κ1) is 17.8. The molecule has 0 aliphatic carbocycles. The largest absolute Gasteiger partial charge is 0.359 e. The Morgan fingerprint density at radius 3 is 2.29 bits per heavy atom. The van der Waals surface area contributed by atoms with Crippen molar-refractivity contribution in [3.8, 4) is 6.07 Å². The Kier molecular flexibility index (Phi) is 5.78.